The Morgan fingerprint density at radius 3 is 2.76 bits per heavy atom. The third kappa shape index (κ3) is 3.65. The van der Waals surface area contributed by atoms with E-state index in [2.05, 4.69) is 21.2 Å². The van der Waals surface area contributed by atoms with E-state index in [-0.39, 0.29) is 24.3 Å². The number of methoxy groups -OCH3 is 1. The van der Waals surface area contributed by atoms with Gasteiger partial charge in [0.25, 0.3) is 5.91 Å². The van der Waals surface area contributed by atoms with E-state index in [1.54, 1.807) is 19.2 Å². The maximum atomic E-state index is 12.1. The Hall–Kier alpha value is -1.79. The Balaban J connectivity index is 2.08. The van der Waals surface area contributed by atoms with Crippen molar-refractivity contribution in [2.45, 2.75) is 19.5 Å². The topological polar surface area (TPSA) is 77.5 Å². The van der Waals surface area contributed by atoms with Crippen molar-refractivity contribution in [2.75, 3.05) is 7.11 Å². The molecule has 2 aromatic rings. The summed E-state index contributed by atoms with van der Waals surface area (Å²) in [4.78, 5) is 12.1. The molecule has 0 aliphatic carbocycles. The van der Waals surface area contributed by atoms with Crippen LogP contribution in [-0.4, -0.2) is 13.0 Å². The average molecular weight is 353 g/mol. The van der Waals surface area contributed by atoms with Crippen LogP contribution < -0.4 is 15.8 Å². The Labute approximate surface area is 131 Å². The van der Waals surface area contributed by atoms with Crippen LogP contribution in [0.5, 0.6) is 5.75 Å². The lowest BCUT2D eigenvalue weighted by Gasteiger charge is -2.14. The fraction of sp³-hybridized carbons (Fsp3) is 0.267. The minimum absolute atomic E-state index is 0.161. The number of amides is 1. The first-order valence-corrected chi connectivity index (χ1v) is 7.27. The average Bonchev–Trinajstić information content (AvgIpc) is 2.96. The largest absolute Gasteiger partial charge is 0.496 e. The zero-order chi connectivity index (χ0) is 15.4. The number of halogens is 1. The molecule has 0 saturated heterocycles. The molecule has 0 aliphatic rings. The lowest BCUT2D eigenvalue weighted by Crippen LogP contribution is -2.26. The number of hydrogen-bond donors (Lipinski definition) is 2. The van der Waals surface area contributed by atoms with E-state index in [0.717, 1.165) is 15.8 Å². The van der Waals surface area contributed by atoms with Crippen LogP contribution in [0.15, 0.2) is 39.2 Å². The molecule has 6 heteroatoms. The number of nitrogens with one attached hydrogen (secondary N) is 1. The van der Waals surface area contributed by atoms with Gasteiger partial charge in [-0.2, -0.15) is 0 Å². The molecule has 21 heavy (non-hydrogen) atoms. The molecular weight excluding hydrogens is 336 g/mol. The summed E-state index contributed by atoms with van der Waals surface area (Å²) in [5.74, 6) is 1.32. The van der Waals surface area contributed by atoms with Crippen molar-refractivity contribution in [1.29, 1.82) is 0 Å². The maximum absolute atomic E-state index is 12.1. The molecule has 0 aliphatic heterocycles. The van der Waals surface area contributed by atoms with Crippen molar-refractivity contribution in [1.82, 2.24) is 5.32 Å². The highest BCUT2D eigenvalue weighted by Gasteiger charge is 2.15. The SMILES string of the molecule is COc1ccc(C(C)NC(=O)c2ccc(CN)o2)cc1Br. The number of furan rings is 1. The van der Waals surface area contributed by atoms with Crippen LogP contribution in [-0.2, 0) is 6.54 Å². The maximum Gasteiger partial charge on any atom is 0.287 e. The van der Waals surface area contributed by atoms with E-state index in [1.807, 2.05) is 25.1 Å². The van der Waals surface area contributed by atoms with Crippen LogP contribution in [0.2, 0.25) is 0 Å². The Bertz CT molecular complexity index is 640. The van der Waals surface area contributed by atoms with Gasteiger partial charge in [-0.3, -0.25) is 4.79 Å². The molecule has 0 bridgehead atoms. The van der Waals surface area contributed by atoms with Gasteiger partial charge < -0.3 is 20.2 Å². The molecule has 1 atom stereocenters. The van der Waals surface area contributed by atoms with Gasteiger partial charge in [0, 0.05) is 0 Å². The summed E-state index contributed by atoms with van der Waals surface area (Å²) in [5.41, 5.74) is 6.42. The number of hydrogen-bond acceptors (Lipinski definition) is 4. The van der Waals surface area contributed by atoms with Gasteiger partial charge in [0.1, 0.15) is 11.5 Å². The summed E-state index contributed by atoms with van der Waals surface area (Å²) in [6.07, 6.45) is 0. The quantitative estimate of drug-likeness (QED) is 0.866. The normalized spacial score (nSPS) is 12.0. The lowest BCUT2D eigenvalue weighted by atomic mass is 10.1. The van der Waals surface area contributed by atoms with Gasteiger partial charge in [-0.25, -0.2) is 0 Å². The van der Waals surface area contributed by atoms with E-state index in [1.165, 1.54) is 0 Å². The minimum atomic E-state index is -0.269. The number of carbonyl (C=O) groups is 1. The molecule has 0 radical (unpaired) electrons. The zero-order valence-corrected chi connectivity index (χ0v) is 13.4. The Morgan fingerprint density at radius 2 is 2.19 bits per heavy atom. The fourth-order valence-electron chi connectivity index (χ4n) is 1.91. The molecule has 1 unspecified atom stereocenters. The molecule has 1 aromatic heterocycles. The molecule has 2 rings (SSSR count). The second kappa shape index (κ2) is 6.78. The number of ether oxygens (including phenoxy) is 1. The van der Waals surface area contributed by atoms with E-state index < -0.39 is 0 Å². The van der Waals surface area contributed by atoms with Crippen molar-refractivity contribution in [3.8, 4) is 5.75 Å². The van der Waals surface area contributed by atoms with Crippen molar-refractivity contribution < 1.29 is 13.9 Å². The van der Waals surface area contributed by atoms with E-state index in [9.17, 15) is 4.79 Å². The molecule has 5 nitrogen and oxygen atoms in total. The summed E-state index contributed by atoms with van der Waals surface area (Å²) in [6, 6.07) is 8.82. The Kier molecular flexibility index (Phi) is 5.03. The van der Waals surface area contributed by atoms with Crippen molar-refractivity contribution >= 4 is 21.8 Å². The highest BCUT2D eigenvalue weighted by molar-refractivity contribution is 9.10. The standard InChI is InChI=1S/C15H17BrN2O3/c1-9(10-3-5-13(20-2)12(16)7-10)18-15(19)14-6-4-11(8-17)21-14/h3-7,9H,8,17H2,1-2H3,(H,18,19). The van der Waals surface area contributed by atoms with Crippen molar-refractivity contribution in [3.63, 3.8) is 0 Å². The highest BCUT2D eigenvalue weighted by Crippen LogP contribution is 2.28. The smallest absolute Gasteiger partial charge is 0.287 e. The fourth-order valence-corrected chi connectivity index (χ4v) is 2.47. The van der Waals surface area contributed by atoms with Crippen LogP contribution in [0.3, 0.4) is 0 Å². The second-order valence-corrected chi connectivity index (χ2v) is 5.41. The molecule has 0 spiro atoms. The lowest BCUT2D eigenvalue weighted by molar-refractivity contribution is 0.0910. The number of benzene rings is 1. The second-order valence-electron chi connectivity index (χ2n) is 4.56. The number of nitrogens with two attached hydrogens (primary N) is 1. The Morgan fingerprint density at radius 1 is 1.43 bits per heavy atom. The zero-order valence-electron chi connectivity index (χ0n) is 11.9. The highest BCUT2D eigenvalue weighted by atomic mass is 79.9. The number of rotatable bonds is 5. The summed E-state index contributed by atoms with van der Waals surface area (Å²) in [6.45, 7) is 2.17. The van der Waals surface area contributed by atoms with Crippen LogP contribution >= 0.6 is 15.9 Å². The van der Waals surface area contributed by atoms with Crippen LogP contribution in [0.1, 0.15) is 34.8 Å². The summed E-state index contributed by atoms with van der Waals surface area (Å²) >= 11 is 3.43. The van der Waals surface area contributed by atoms with Crippen LogP contribution in [0.25, 0.3) is 0 Å². The number of carbonyl (C=O) groups excluding carboxylic acids is 1. The van der Waals surface area contributed by atoms with Crippen molar-refractivity contribution in [2.24, 2.45) is 5.73 Å². The van der Waals surface area contributed by atoms with Gasteiger partial charge in [-0.05, 0) is 52.7 Å². The van der Waals surface area contributed by atoms with Gasteiger partial charge in [0.05, 0.1) is 24.2 Å². The summed E-state index contributed by atoms with van der Waals surface area (Å²) in [7, 11) is 1.61. The molecule has 1 amide bonds. The molecule has 0 fully saturated rings. The van der Waals surface area contributed by atoms with Crippen LogP contribution in [0, 0.1) is 0 Å². The third-order valence-corrected chi connectivity index (χ3v) is 3.73. The molecule has 1 aromatic carbocycles. The van der Waals surface area contributed by atoms with Crippen LogP contribution in [0.4, 0.5) is 0 Å². The molecule has 0 saturated carbocycles. The van der Waals surface area contributed by atoms with E-state index >= 15 is 0 Å². The predicted molar refractivity (Wildman–Crippen MR) is 83.2 cm³/mol. The molecular formula is C15H17BrN2O3. The first-order chi connectivity index (χ1) is 10.0. The predicted octanol–water partition coefficient (Wildman–Crippen LogP) is 3.00. The first kappa shape index (κ1) is 15.6. The van der Waals surface area contributed by atoms with Gasteiger partial charge in [-0.15, -0.1) is 0 Å². The van der Waals surface area contributed by atoms with Gasteiger partial charge in [-0.1, -0.05) is 6.07 Å². The monoisotopic (exact) mass is 352 g/mol. The minimum Gasteiger partial charge on any atom is -0.496 e. The molecule has 3 N–H and O–H groups in total. The molecule has 112 valence electrons. The van der Waals surface area contributed by atoms with Gasteiger partial charge in [0.2, 0.25) is 0 Å². The summed E-state index contributed by atoms with van der Waals surface area (Å²) in [5, 5.41) is 2.88. The molecule has 1 heterocycles. The first-order valence-electron chi connectivity index (χ1n) is 6.48. The third-order valence-electron chi connectivity index (χ3n) is 3.11. The van der Waals surface area contributed by atoms with E-state index in [4.69, 9.17) is 14.9 Å². The van der Waals surface area contributed by atoms with Gasteiger partial charge >= 0.3 is 0 Å². The van der Waals surface area contributed by atoms with Crippen molar-refractivity contribution in [3.05, 3.63) is 51.9 Å². The van der Waals surface area contributed by atoms with Gasteiger partial charge in [0.15, 0.2) is 5.76 Å². The van der Waals surface area contributed by atoms with E-state index in [0.29, 0.717) is 5.76 Å². The summed E-state index contributed by atoms with van der Waals surface area (Å²) < 4.78 is 11.3.